The summed E-state index contributed by atoms with van der Waals surface area (Å²) in [4.78, 5) is 4.18. The number of aromatic nitrogens is 2. The number of aliphatic hydroxyl groups is 1. The van der Waals surface area contributed by atoms with Crippen LogP contribution in [0.1, 0.15) is 51.4 Å². The molecule has 1 heterocycles. The summed E-state index contributed by atoms with van der Waals surface area (Å²) in [6.45, 7) is 6.57. The van der Waals surface area contributed by atoms with E-state index in [1.807, 2.05) is 20.8 Å². The van der Waals surface area contributed by atoms with Crippen LogP contribution in [0.3, 0.4) is 0 Å². The Labute approximate surface area is 101 Å². The van der Waals surface area contributed by atoms with Gasteiger partial charge in [0.15, 0.2) is 0 Å². The third-order valence-corrected chi connectivity index (χ3v) is 2.92. The topological polar surface area (TPSA) is 94.4 Å². The SMILES string of the molecule is CCOC(CC)(CC)c1noc(C(O)CN)n1. The van der Waals surface area contributed by atoms with Gasteiger partial charge in [-0.2, -0.15) is 4.98 Å². The number of nitrogens with zero attached hydrogens (tertiary/aromatic N) is 2. The summed E-state index contributed by atoms with van der Waals surface area (Å²) >= 11 is 0. The summed E-state index contributed by atoms with van der Waals surface area (Å²) in [6.07, 6.45) is 0.577. The van der Waals surface area contributed by atoms with Crippen molar-refractivity contribution in [2.45, 2.75) is 45.3 Å². The van der Waals surface area contributed by atoms with Crippen LogP contribution in [-0.4, -0.2) is 28.4 Å². The van der Waals surface area contributed by atoms with Crippen LogP contribution < -0.4 is 5.73 Å². The predicted molar refractivity (Wildman–Crippen MR) is 62.2 cm³/mol. The Morgan fingerprint density at radius 2 is 2.06 bits per heavy atom. The van der Waals surface area contributed by atoms with Crippen LogP contribution in [0.25, 0.3) is 0 Å². The molecule has 98 valence electrons. The highest BCUT2D eigenvalue weighted by atomic mass is 16.5. The Hall–Kier alpha value is -0.980. The molecule has 1 rings (SSSR count). The first-order valence-corrected chi connectivity index (χ1v) is 5.99. The van der Waals surface area contributed by atoms with Crippen LogP contribution >= 0.6 is 0 Å². The second kappa shape index (κ2) is 6.09. The maximum Gasteiger partial charge on any atom is 0.256 e. The lowest BCUT2D eigenvalue weighted by molar-refractivity contribution is -0.0583. The van der Waals surface area contributed by atoms with Gasteiger partial charge in [-0.15, -0.1) is 0 Å². The fraction of sp³-hybridized carbons (Fsp3) is 0.818. The average Bonchev–Trinajstić information content (AvgIpc) is 2.85. The van der Waals surface area contributed by atoms with Gasteiger partial charge in [-0.1, -0.05) is 19.0 Å². The fourth-order valence-corrected chi connectivity index (χ4v) is 1.77. The Balaban J connectivity index is 2.99. The predicted octanol–water partition coefficient (Wildman–Crippen LogP) is 1.11. The van der Waals surface area contributed by atoms with Crippen LogP contribution in [0.2, 0.25) is 0 Å². The fourth-order valence-electron chi connectivity index (χ4n) is 1.77. The van der Waals surface area contributed by atoms with E-state index in [1.54, 1.807) is 0 Å². The molecule has 1 aromatic rings. The first kappa shape index (κ1) is 14.1. The van der Waals surface area contributed by atoms with Crippen molar-refractivity contribution in [1.82, 2.24) is 10.1 Å². The second-order valence-electron chi connectivity index (χ2n) is 3.84. The minimum Gasteiger partial charge on any atom is -0.382 e. The van der Waals surface area contributed by atoms with Gasteiger partial charge in [0.2, 0.25) is 5.82 Å². The van der Waals surface area contributed by atoms with Crippen molar-refractivity contribution in [1.29, 1.82) is 0 Å². The van der Waals surface area contributed by atoms with Crippen molar-refractivity contribution in [2.75, 3.05) is 13.2 Å². The molecule has 17 heavy (non-hydrogen) atoms. The number of nitrogens with two attached hydrogens (primary N) is 1. The molecule has 0 amide bonds. The smallest absolute Gasteiger partial charge is 0.256 e. The molecule has 0 spiro atoms. The molecular weight excluding hydrogens is 222 g/mol. The van der Waals surface area contributed by atoms with Gasteiger partial charge >= 0.3 is 0 Å². The second-order valence-corrected chi connectivity index (χ2v) is 3.84. The quantitative estimate of drug-likeness (QED) is 0.745. The van der Waals surface area contributed by atoms with E-state index in [2.05, 4.69) is 10.1 Å². The minimum atomic E-state index is -0.913. The first-order chi connectivity index (χ1) is 8.13. The van der Waals surface area contributed by atoms with Crippen molar-refractivity contribution in [2.24, 2.45) is 5.73 Å². The van der Waals surface area contributed by atoms with E-state index in [1.165, 1.54) is 0 Å². The van der Waals surface area contributed by atoms with Crippen LogP contribution in [0.15, 0.2) is 4.52 Å². The average molecular weight is 243 g/mol. The van der Waals surface area contributed by atoms with Crippen molar-refractivity contribution >= 4 is 0 Å². The zero-order valence-corrected chi connectivity index (χ0v) is 10.6. The Morgan fingerprint density at radius 3 is 2.53 bits per heavy atom. The Kier molecular flexibility index (Phi) is 5.04. The molecule has 3 N–H and O–H groups in total. The lowest BCUT2D eigenvalue weighted by Crippen LogP contribution is -2.30. The number of rotatable bonds is 7. The molecule has 1 aromatic heterocycles. The lowest BCUT2D eigenvalue weighted by atomic mass is 9.96. The number of hydrogen-bond acceptors (Lipinski definition) is 6. The molecule has 0 aliphatic rings. The molecule has 0 saturated heterocycles. The van der Waals surface area contributed by atoms with Crippen molar-refractivity contribution in [3.63, 3.8) is 0 Å². The molecule has 0 bridgehead atoms. The van der Waals surface area contributed by atoms with Gasteiger partial charge in [0.05, 0.1) is 0 Å². The van der Waals surface area contributed by atoms with E-state index in [9.17, 15) is 5.11 Å². The van der Waals surface area contributed by atoms with Crippen molar-refractivity contribution in [3.8, 4) is 0 Å². The zero-order valence-electron chi connectivity index (χ0n) is 10.6. The van der Waals surface area contributed by atoms with Gasteiger partial charge in [-0.25, -0.2) is 0 Å². The van der Waals surface area contributed by atoms with Gasteiger partial charge in [0.25, 0.3) is 5.89 Å². The van der Waals surface area contributed by atoms with E-state index in [-0.39, 0.29) is 12.4 Å². The highest BCUT2D eigenvalue weighted by Gasteiger charge is 2.35. The van der Waals surface area contributed by atoms with Crippen molar-refractivity contribution in [3.05, 3.63) is 11.7 Å². The molecule has 6 nitrogen and oxygen atoms in total. The van der Waals surface area contributed by atoms with E-state index < -0.39 is 11.7 Å². The van der Waals surface area contributed by atoms with Gasteiger partial charge in [0, 0.05) is 13.2 Å². The lowest BCUT2D eigenvalue weighted by Gasteiger charge is -2.27. The van der Waals surface area contributed by atoms with Gasteiger partial charge in [-0.05, 0) is 19.8 Å². The Bertz CT molecular complexity index is 336. The minimum absolute atomic E-state index is 0.0571. The molecule has 0 saturated carbocycles. The largest absolute Gasteiger partial charge is 0.382 e. The van der Waals surface area contributed by atoms with Crippen molar-refractivity contribution < 1.29 is 14.4 Å². The van der Waals surface area contributed by atoms with Crippen LogP contribution in [0.5, 0.6) is 0 Å². The maximum absolute atomic E-state index is 9.52. The monoisotopic (exact) mass is 243 g/mol. The normalized spacial score (nSPS) is 13.9. The molecule has 0 aromatic carbocycles. The van der Waals surface area contributed by atoms with E-state index in [0.29, 0.717) is 12.4 Å². The first-order valence-electron chi connectivity index (χ1n) is 5.99. The van der Waals surface area contributed by atoms with Crippen LogP contribution in [0.4, 0.5) is 0 Å². The van der Waals surface area contributed by atoms with E-state index in [4.69, 9.17) is 15.0 Å². The summed E-state index contributed by atoms with van der Waals surface area (Å²) < 4.78 is 10.7. The Morgan fingerprint density at radius 1 is 1.41 bits per heavy atom. The highest BCUT2D eigenvalue weighted by Crippen LogP contribution is 2.31. The number of hydrogen-bond donors (Lipinski definition) is 2. The van der Waals surface area contributed by atoms with Gasteiger partial charge < -0.3 is 20.1 Å². The molecule has 0 aliphatic carbocycles. The molecule has 1 unspecified atom stereocenters. The van der Waals surface area contributed by atoms with E-state index in [0.717, 1.165) is 12.8 Å². The number of ether oxygens (including phenoxy) is 1. The molecular formula is C11H21N3O3. The van der Waals surface area contributed by atoms with Gasteiger partial charge in [0.1, 0.15) is 11.7 Å². The highest BCUT2D eigenvalue weighted by molar-refractivity contribution is 5.02. The molecule has 0 fully saturated rings. The summed E-state index contributed by atoms with van der Waals surface area (Å²) in [7, 11) is 0. The summed E-state index contributed by atoms with van der Waals surface area (Å²) in [5.74, 6) is 0.625. The van der Waals surface area contributed by atoms with Crippen LogP contribution in [0, 0.1) is 0 Å². The summed E-state index contributed by atoms with van der Waals surface area (Å²) in [5, 5.41) is 13.4. The van der Waals surface area contributed by atoms with Gasteiger partial charge in [-0.3, -0.25) is 0 Å². The summed E-state index contributed by atoms with van der Waals surface area (Å²) in [6, 6.07) is 0. The third kappa shape index (κ3) is 2.83. The number of aliphatic hydroxyl groups excluding tert-OH is 1. The molecule has 6 heteroatoms. The molecule has 1 atom stereocenters. The standard InChI is InChI=1S/C11H21N3O3/c1-4-11(5-2,16-6-3)10-13-9(17-14-10)8(15)7-12/h8,15H,4-7,12H2,1-3H3. The zero-order chi connectivity index (χ0) is 12.9. The molecule has 0 radical (unpaired) electrons. The van der Waals surface area contributed by atoms with Crippen LogP contribution in [-0.2, 0) is 10.3 Å². The molecule has 0 aliphatic heterocycles. The summed E-state index contributed by atoms with van der Waals surface area (Å²) in [5.41, 5.74) is 4.80. The van der Waals surface area contributed by atoms with E-state index >= 15 is 0 Å². The maximum atomic E-state index is 9.52. The third-order valence-electron chi connectivity index (χ3n) is 2.92.